The van der Waals surface area contributed by atoms with Gasteiger partial charge in [0.2, 0.25) is 0 Å². The zero-order valence-electron chi connectivity index (χ0n) is 10.2. The first kappa shape index (κ1) is 11.7. The first-order valence-electron chi connectivity index (χ1n) is 6.44. The van der Waals surface area contributed by atoms with Gasteiger partial charge in [-0.3, -0.25) is 4.90 Å². The molecule has 0 bridgehead atoms. The monoisotopic (exact) mass is 250 g/mol. The summed E-state index contributed by atoms with van der Waals surface area (Å²) in [4.78, 5) is 6.33. The van der Waals surface area contributed by atoms with Crippen molar-refractivity contribution in [2.24, 2.45) is 4.99 Å². The summed E-state index contributed by atoms with van der Waals surface area (Å²) in [6.45, 7) is 2.47. The molecule has 0 spiro atoms. The minimum absolute atomic E-state index is 0.239. The zero-order valence-corrected chi connectivity index (χ0v) is 10.2. The van der Waals surface area contributed by atoms with Gasteiger partial charge in [0, 0.05) is 18.7 Å². The summed E-state index contributed by atoms with van der Waals surface area (Å²) in [6, 6.07) is -0.263. The predicted octanol–water partition coefficient (Wildman–Crippen LogP) is 0.667. The first-order valence-corrected chi connectivity index (χ1v) is 6.44. The van der Waals surface area contributed by atoms with E-state index in [1.165, 1.54) is 6.40 Å². The Morgan fingerprint density at radius 2 is 2.22 bits per heavy atom. The Morgan fingerprint density at radius 3 is 2.94 bits per heavy atom. The van der Waals surface area contributed by atoms with Crippen LogP contribution >= 0.6 is 0 Å². The van der Waals surface area contributed by atoms with E-state index in [4.69, 9.17) is 9.47 Å². The van der Waals surface area contributed by atoms with Crippen LogP contribution in [0.25, 0.3) is 0 Å². The molecule has 0 aromatic rings. The lowest BCUT2D eigenvalue weighted by Crippen LogP contribution is -2.46. The quantitative estimate of drug-likeness (QED) is 0.799. The highest BCUT2D eigenvalue weighted by Crippen LogP contribution is 2.26. The van der Waals surface area contributed by atoms with E-state index in [0.717, 1.165) is 31.5 Å². The van der Waals surface area contributed by atoms with Crippen LogP contribution in [0, 0.1) is 0 Å². The molecule has 98 valence electrons. The maximum Gasteiger partial charge on any atom is 0.171 e. The van der Waals surface area contributed by atoms with Crippen molar-refractivity contribution < 1.29 is 14.6 Å². The minimum atomic E-state index is -0.576. The fourth-order valence-electron chi connectivity index (χ4n) is 2.65. The van der Waals surface area contributed by atoms with E-state index in [0.29, 0.717) is 6.61 Å². The third kappa shape index (κ3) is 2.15. The van der Waals surface area contributed by atoms with Crippen molar-refractivity contribution in [3.63, 3.8) is 0 Å². The first-order chi connectivity index (χ1) is 8.86. The second-order valence-electron chi connectivity index (χ2n) is 4.81. The summed E-state index contributed by atoms with van der Waals surface area (Å²) in [5.74, 6) is 0. The van der Waals surface area contributed by atoms with Crippen LogP contribution in [0.15, 0.2) is 29.0 Å². The van der Waals surface area contributed by atoms with E-state index in [1.807, 2.05) is 12.2 Å². The highest BCUT2D eigenvalue weighted by atomic mass is 16.5. The Bertz CT molecular complexity index is 386. The van der Waals surface area contributed by atoms with Crippen LogP contribution < -0.4 is 0 Å². The molecule has 5 nitrogen and oxygen atoms in total. The molecule has 0 aromatic carbocycles. The van der Waals surface area contributed by atoms with Crippen molar-refractivity contribution in [3.8, 4) is 0 Å². The molecule has 18 heavy (non-hydrogen) atoms. The topological polar surface area (TPSA) is 54.3 Å². The fourth-order valence-corrected chi connectivity index (χ4v) is 2.65. The number of nitrogens with zero attached hydrogens (tertiary/aromatic N) is 2. The van der Waals surface area contributed by atoms with Gasteiger partial charge in [-0.15, -0.1) is 0 Å². The summed E-state index contributed by atoms with van der Waals surface area (Å²) < 4.78 is 10.8. The molecule has 0 aliphatic carbocycles. The molecular weight excluding hydrogens is 232 g/mol. The number of hydrogen-bond acceptors (Lipinski definition) is 5. The van der Waals surface area contributed by atoms with Crippen LogP contribution in [-0.4, -0.2) is 54.5 Å². The lowest BCUT2D eigenvalue weighted by Gasteiger charge is -2.29. The number of ether oxygens (including phenoxy) is 2. The molecular formula is C13H18N2O3. The van der Waals surface area contributed by atoms with Gasteiger partial charge in [0.15, 0.2) is 12.5 Å². The van der Waals surface area contributed by atoms with Crippen molar-refractivity contribution in [1.29, 1.82) is 0 Å². The molecule has 3 atom stereocenters. The number of aliphatic imine (C=N–C) groups is 1. The van der Waals surface area contributed by atoms with Crippen LogP contribution in [0.4, 0.5) is 0 Å². The van der Waals surface area contributed by atoms with Crippen molar-refractivity contribution in [2.75, 3.05) is 19.7 Å². The molecule has 1 fully saturated rings. The lowest BCUT2D eigenvalue weighted by molar-refractivity contribution is -0.0160. The Balaban J connectivity index is 1.71. The normalized spacial score (nSPS) is 33.1. The van der Waals surface area contributed by atoms with Crippen molar-refractivity contribution >= 4 is 6.40 Å². The van der Waals surface area contributed by atoms with E-state index in [2.05, 4.69) is 9.89 Å². The van der Waals surface area contributed by atoms with Gasteiger partial charge in [-0.1, -0.05) is 6.08 Å². The van der Waals surface area contributed by atoms with Gasteiger partial charge in [-0.25, -0.2) is 4.99 Å². The number of aliphatic hydroxyl groups excluding tert-OH is 1. The summed E-state index contributed by atoms with van der Waals surface area (Å²) in [6.07, 6.45) is 8.53. The van der Waals surface area contributed by atoms with E-state index >= 15 is 0 Å². The van der Waals surface area contributed by atoms with Crippen LogP contribution in [0.1, 0.15) is 12.8 Å². The van der Waals surface area contributed by atoms with Gasteiger partial charge in [-0.05, 0) is 18.9 Å². The van der Waals surface area contributed by atoms with Crippen molar-refractivity contribution in [3.05, 3.63) is 24.0 Å². The van der Waals surface area contributed by atoms with Gasteiger partial charge >= 0.3 is 0 Å². The van der Waals surface area contributed by atoms with Gasteiger partial charge in [0.1, 0.15) is 18.9 Å². The molecule has 5 heteroatoms. The Hall–Kier alpha value is -1.33. The average molecular weight is 250 g/mol. The molecule has 3 aliphatic heterocycles. The van der Waals surface area contributed by atoms with Crippen LogP contribution in [0.3, 0.4) is 0 Å². The van der Waals surface area contributed by atoms with Gasteiger partial charge in [0.25, 0.3) is 0 Å². The van der Waals surface area contributed by atoms with Gasteiger partial charge in [-0.2, -0.15) is 0 Å². The van der Waals surface area contributed by atoms with Crippen LogP contribution in [0.2, 0.25) is 0 Å². The maximum absolute atomic E-state index is 10.4. The van der Waals surface area contributed by atoms with Crippen molar-refractivity contribution in [1.82, 2.24) is 4.90 Å². The number of likely N-dealkylation sites (tertiary alicyclic amines) is 1. The van der Waals surface area contributed by atoms with Gasteiger partial charge in [0.05, 0.1) is 6.26 Å². The van der Waals surface area contributed by atoms with E-state index in [9.17, 15) is 5.11 Å². The van der Waals surface area contributed by atoms with Gasteiger partial charge < -0.3 is 14.6 Å². The molecule has 0 amide bonds. The molecule has 3 aliphatic rings. The zero-order chi connectivity index (χ0) is 12.4. The van der Waals surface area contributed by atoms with Crippen LogP contribution in [-0.2, 0) is 9.47 Å². The highest BCUT2D eigenvalue weighted by Gasteiger charge is 2.38. The fraction of sp³-hybridized carbons (Fsp3) is 0.615. The third-order valence-electron chi connectivity index (χ3n) is 3.62. The summed E-state index contributed by atoms with van der Waals surface area (Å²) in [5.41, 5.74) is 0.932. The number of rotatable bonds is 3. The molecule has 3 rings (SSSR count). The molecule has 1 N–H and O–H groups in total. The molecule has 1 saturated heterocycles. The van der Waals surface area contributed by atoms with E-state index in [1.54, 1.807) is 6.26 Å². The maximum atomic E-state index is 10.4. The number of hydrogen-bond donors (Lipinski definition) is 1. The summed E-state index contributed by atoms with van der Waals surface area (Å²) in [7, 11) is 0. The number of aliphatic hydroxyl groups is 1. The third-order valence-corrected chi connectivity index (χ3v) is 3.62. The standard InChI is InChI=1S/C13H18N2O3/c16-13(15-5-1-2-6-15)11-12(18-9-14-11)10-4-3-7-17-8-10/h3-4,8-9,11-13,16H,1-2,5-7H2. The Labute approximate surface area is 106 Å². The highest BCUT2D eigenvalue weighted by molar-refractivity contribution is 5.52. The molecule has 3 heterocycles. The predicted molar refractivity (Wildman–Crippen MR) is 67.1 cm³/mol. The Kier molecular flexibility index (Phi) is 3.34. The summed E-state index contributed by atoms with van der Waals surface area (Å²) in [5, 5.41) is 10.4. The molecule has 0 saturated carbocycles. The average Bonchev–Trinajstić information content (AvgIpc) is 3.10. The minimum Gasteiger partial charge on any atom is -0.497 e. The van der Waals surface area contributed by atoms with E-state index < -0.39 is 6.23 Å². The second kappa shape index (κ2) is 5.12. The molecule has 0 radical (unpaired) electrons. The van der Waals surface area contributed by atoms with E-state index in [-0.39, 0.29) is 12.1 Å². The SMILES string of the molecule is OC(C1N=COC1C1=COCC=C1)N1CCCC1. The Morgan fingerprint density at radius 1 is 1.39 bits per heavy atom. The smallest absolute Gasteiger partial charge is 0.171 e. The molecule has 3 unspecified atom stereocenters. The van der Waals surface area contributed by atoms with Crippen LogP contribution in [0.5, 0.6) is 0 Å². The largest absolute Gasteiger partial charge is 0.497 e. The summed E-state index contributed by atoms with van der Waals surface area (Å²) >= 11 is 0. The van der Waals surface area contributed by atoms with Crippen molar-refractivity contribution in [2.45, 2.75) is 31.2 Å². The lowest BCUT2D eigenvalue weighted by atomic mass is 10.0. The second-order valence-corrected chi connectivity index (χ2v) is 4.81. The molecule has 0 aromatic heterocycles.